The lowest BCUT2D eigenvalue weighted by atomic mass is 10.00. The average molecular weight is 440 g/mol. The van der Waals surface area contributed by atoms with E-state index >= 15 is 0 Å². The largest absolute Gasteiger partial charge is 0.383 e. The van der Waals surface area contributed by atoms with Gasteiger partial charge in [0, 0.05) is 25.9 Å². The third-order valence-electron chi connectivity index (χ3n) is 5.24. The van der Waals surface area contributed by atoms with Crippen molar-refractivity contribution >= 4 is 23.2 Å². The number of hydrogen-bond acceptors (Lipinski definition) is 6. The van der Waals surface area contributed by atoms with Crippen LogP contribution in [0.4, 0.5) is 15.8 Å². The van der Waals surface area contributed by atoms with Crippen LogP contribution in [0.1, 0.15) is 23.0 Å². The molecule has 8 nitrogen and oxygen atoms in total. The number of para-hydroxylation sites is 1. The number of anilines is 2. The van der Waals surface area contributed by atoms with Gasteiger partial charge in [0.05, 0.1) is 30.6 Å². The van der Waals surface area contributed by atoms with Crippen molar-refractivity contribution in [1.29, 1.82) is 0 Å². The number of likely N-dealkylation sites (N-methyl/N-ethyl adjacent to an activating group) is 1. The number of primary amides is 1. The van der Waals surface area contributed by atoms with Gasteiger partial charge in [-0.2, -0.15) is 0 Å². The second kappa shape index (κ2) is 9.34. The fourth-order valence-electron chi connectivity index (χ4n) is 3.67. The number of pyridine rings is 1. The summed E-state index contributed by atoms with van der Waals surface area (Å²) in [6.07, 6.45) is -0.365. The Kier molecular flexibility index (Phi) is 6.77. The minimum absolute atomic E-state index is 0.0632. The van der Waals surface area contributed by atoms with Gasteiger partial charge in [0.1, 0.15) is 0 Å². The van der Waals surface area contributed by atoms with Crippen molar-refractivity contribution < 1.29 is 23.8 Å². The molecule has 2 heterocycles. The number of aromatic nitrogens is 1. The summed E-state index contributed by atoms with van der Waals surface area (Å²) < 4.78 is 19.7. The first-order valence-corrected chi connectivity index (χ1v) is 9.98. The van der Waals surface area contributed by atoms with E-state index in [1.165, 1.54) is 13.2 Å². The molecule has 1 saturated heterocycles. The Hall–Kier alpha value is -3.48. The van der Waals surface area contributed by atoms with Crippen LogP contribution in [0.3, 0.4) is 0 Å². The molecule has 3 N–H and O–H groups in total. The molecule has 0 bridgehead atoms. The Morgan fingerprint density at radius 1 is 1.41 bits per heavy atom. The molecule has 32 heavy (non-hydrogen) atoms. The summed E-state index contributed by atoms with van der Waals surface area (Å²) in [4.78, 5) is 31.3. The second-order valence-corrected chi connectivity index (χ2v) is 7.60. The van der Waals surface area contributed by atoms with E-state index in [-0.39, 0.29) is 18.3 Å². The van der Waals surface area contributed by atoms with Crippen LogP contribution in [0.25, 0.3) is 0 Å². The number of carbonyl (C=O) groups excluding carboxylic acids is 2. The molecule has 3 rings (SSSR count). The van der Waals surface area contributed by atoms with Gasteiger partial charge in [-0.25, -0.2) is 9.37 Å². The van der Waals surface area contributed by atoms with Crippen LogP contribution < -0.4 is 10.6 Å². The van der Waals surface area contributed by atoms with E-state index in [1.807, 2.05) is 6.92 Å². The van der Waals surface area contributed by atoms with Gasteiger partial charge in [0.15, 0.2) is 11.9 Å². The highest BCUT2D eigenvalue weighted by Gasteiger charge is 2.52. The number of halogens is 1. The highest BCUT2D eigenvalue weighted by atomic mass is 19.1. The van der Waals surface area contributed by atoms with Gasteiger partial charge in [-0.1, -0.05) is 18.1 Å². The molecule has 1 aromatic heterocycles. The van der Waals surface area contributed by atoms with Crippen LogP contribution in [0, 0.1) is 11.8 Å². The summed E-state index contributed by atoms with van der Waals surface area (Å²) in [6.45, 7) is 1.95. The van der Waals surface area contributed by atoms with E-state index in [1.54, 1.807) is 48.4 Å². The maximum Gasteiger partial charge on any atom is 0.270 e. The number of likely N-dealkylation sites (tertiary alicyclic amines) is 1. The lowest BCUT2D eigenvalue weighted by Crippen LogP contribution is -2.42. The van der Waals surface area contributed by atoms with Crippen molar-refractivity contribution in [2.24, 2.45) is 5.73 Å². The predicted molar refractivity (Wildman–Crippen MR) is 117 cm³/mol. The lowest BCUT2D eigenvalue weighted by molar-refractivity contribution is -0.139. The molecule has 0 aliphatic carbocycles. The Bertz CT molecular complexity index is 1080. The van der Waals surface area contributed by atoms with E-state index in [2.05, 4.69) is 16.8 Å². The molecule has 9 heteroatoms. The minimum Gasteiger partial charge on any atom is -0.383 e. The second-order valence-electron chi connectivity index (χ2n) is 7.60. The monoisotopic (exact) mass is 440 g/mol. The van der Waals surface area contributed by atoms with Gasteiger partial charge in [-0.05, 0) is 37.1 Å². The van der Waals surface area contributed by atoms with Gasteiger partial charge in [0.25, 0.3) is 11.8 Å². The predicted octanol–water partition coefficient (Wildman–Crippen LogP) is 1.25. The topological polar surface area (TPSA) is 109 Å². The number of aliphatic hydroxyl groups is 1. The van der Waals surface area contributed by atoms with Gasteiger partial charge in [-0.15, -0.1) is 0 Å². The first-order valence-electron chi connectivity index (χ1n) is 9.98. The van der Waals surface area contributed by atoms with E-state index in [4.69, 9.17) is 10.5 Å². The quantitative estimate of drug-likeness (QED) is 0.655. The zero-order valence-electron chi connectivity index (χ0n) is 18.1. The first kappa shape index (κ1) is 23.2. The fraction of sp³-hybridized carbons (Fsp3) is 0.348. The lowest BCUT2D eigenvalue weighted by Gasteiger charge is -2.32. The summed E-state index contributed by atoms with van der Waals surface area (Å²) in [6, 6.07) is 10.0. The molecule has 0 radical (unpaired) electrons. The third kappa shape index (κ3) is 4.28. The third-order valence-corrected chi connectivity index (χ3v) is 5.24. The normalized spacial score (nSPS) is 21.1. The van der Waals surface area contributed by atoms with Crippen LogP contribution in [0.5, 0.6) is 0 Å². The molecule has 1 aliphatic heterocycles. The number of carbonyl (C=O) groups is 2. The minimum atomic E-state index is -2.42. The van der Waals surface area contributed by atoms with E-state index < -0.39 is 23.6 Å². The van der Waals surface area contributed by atoms with Crippen LogP contribution in [0.2, 0.25) is 0 Å². The zero-order valence-corrected chi connectivity index (χ0v) is 18.1. The number of hydrogen-bond donors (Lipinski definition) is 2. The highest BCUT2D eigenvalue weighted by molar-refractivity contribution is 5.98. The molecule has 2 aromatic rings. The number of ether oxygens (including phenoxy) is 1. The number of nitrogens with two attached hydrogens (primary N) is 1. The van der Waals surface area contributed by atoms with Gasteiger partial charge < -0.3 is 25.4 Å². The number of methoxy groups -OCH3 is 1. The maximum absolute atomic E-state index is 14.4. The zero-order chi connectivity index (χ0) is 23.5. The molecule has 0 spiro atoms. The molecular formula is C23H25FN4O4. The maximum atomic E-state index is 14.4. The van der Waals surface area contributed by atoms with Crippen molar-refractivity contribution in [3.05, 3.63) is 53.9 Å². The Balaban J connectivity index is 2.14. The van der Waals surface area contributed by atoms with Crippen molar-refractivity contribution in [3.8, 4) is 11.8 Å². The molecule has 1 fully saturated rings. The van der Waals surface area contributed by atoms with Crippen molar-refractivity contribution in [3.63, 3.8) is 0 Å². The molecule has 1 aliphatic rings. The highest BCUT2D eigenvalue weighted by Crippen LogP contribution is 2.33. The van der Waals surface area contributed by atoms with Gasteiger partial charge in [-0.3, -0.25) is 9.59 Å². The number of rotatable bonds is 6. The SMILES string of the molecule is COC[C@@H](C)N(c1ccccc1C#C[C@@]1(O)C(=O)N(C)CC1F)c1cccnc1C(N)=O. The number of alkyl halides is 1. The average Bonchev–Trinajstić information content (AvgIpc) is 2.96. The van der Waals surface area contributed by atoms with E-state index in [9.17, 15) is 19.1 Å². The fourth-order valence-corrected chi connectivity index (χ4v) is 3.67. The number of benzene rings is 1. The van der Waals surface area contributed by atoms with E-state index in [0.717, 1.165) is 4.90 Å². The van der Waals surface area contributed by atoms with Crippen LogP contribution in [-0.4, -0.2) is 71.9 Å². The molecule has 168 valence electrons. The molecule has 1 aromatic carbocycles. The summed E-state index contributed by atoms with van der Waals surface area (Å²) in [5.41, 5.74) is 4.60. The molecule has 0 saturated carbocycles. The van der Waals surface area contributed by atoms with E-state index in [0.29, 0.717) is 23.5 Å². The number of amides is 2. The Morgan fingerprint density at radius 3 is 2.72 bits per heavy atom. The van der Waals surface area contributed by atoms with Gasteiger partial charge >= 0.3 is 0 Å². The Labute approximate surface area is 185 Å². The molecule has 3 atom stereocenters. The number of nitrogens with zero attached hydrogens (tertiary/aromatic N) is 3. The summed E-state index contributed by atoms with van der Waals surface area (Å²) in [7, 11) is 2.96. The van der Waals surface area contributed by atoms with Gasteiger partial charge in [0.2, 0.25) is 5.60 Å². The molecule has 2 amide bonds. The van der Waals surface area contributed by atoms with Crippen molar-refractivity contribution in [2.45, 2.75) is 24.7 Å². The molecular weight excluding hydrogens is 415 g/mol. The standard InChI is InChI=1S/C23H25FN4O4/c1-15(14-32-3)28(18-9-6-12-26-20(18)21(25)29)17-8-5-4-7-16(17)10-11-23(31)19(24)13-27(2)22(23)30/h4-9,12,15,19,31H,13-14H2,1-3H3,(H2,25,29)/t15-,19?,23+/m1/s1. The molecule has 1 unspecified atom stereocenters. The van der Waals surface area contributed by atoms with Crippen molar-refractivity contribution in [1.82, 2.24) is 9.88 Å². The first-order chi connectivity index (χ1) is 15.2. The van der Waals surface area contributed by atoms with Crippen molar-refractivity contribution in [2.75, 3.05) is 32.2 Å². The Morgan fingerprint density at radius 2 is 2.09 bits per heavy atom. The van der Waals surface area contributed by atoms with Crippen LogP contribution >= 0.6 is 0 Å². The summed E-state index contributed by atoms with van der Waals surface area (Å²) in [5, 5.41) is 10.6. The summed E-state index contributed by atoms with van der Waals surface area (Å²) >= 11 is 0. The smallest absolute Gasteiger partial charge is 0.270 e. The van der Waals surface area contributed by atoms with Crippen LogP contribution in [-0.2, 0) is 9.53 Å². The summed E-state index contributed by atoms with van der Waals surface area (Å²) in [5.74, 6) is 3.71. The van der Waals surface area contributed by atoms with Crippen LogP contribution in [0.15, 0.2) is 42.6 Å².